The molecule has 0 radical (unpaired) electrons. The lowest BCUT2D eigenvalue weighted by molar-refractivity contribution is 0.669. The average Bonchev–Trinajstić information content (AvgIpc) is 3.80. The molecule has 11 rings (SSSR count). The predicted molar refractivity (Wildman–Crippen MR) is 235 cm³/mol. The van der Waals surface area contributed by atoms with E-state index in [4.69, 9.17) is 4.42 Å². The van der Waals surface area contributed by atoms with Crippen molar-refractivity contribution in [3.63, 3.8) is 0 Å². The molecule has 0 spiro atoms. The minimum absolute atomic E-state index is 0.866. The first-order chi connectivity index (χ1) is 27.8. The van der Waals surface area contributed by atoms with Crippen molar-refractivity contribution in [1.29, 1.82) is 0 Å². The van der Waals surface area contributed by atoms with Gasteiger partial charge < -0.3 is 18.8 Å². The van der Waals surface area contributed by atoms with Crippen molar-refractivity contribution < 1.29 is 4.42 Å². The summed E-state index contributed by atoms with van der Waals surface area (Å²) < 4.78 is 8.94. The fraction of sp³-hybridized carbons (Fsp3) is 0. The Hall–Kier alpha value is -7.56. The summed E-state index contributed by atoms with van der Waals surface area (Å²) in [7, 11) is 0. The van der Waals surface area contributed by atoms with Gasteiger partial charge in [0, 0.05) is 55.7 Å². The van der Waals surface area contributed by atoms with Crippen LogP contribution in [0.15, 0.2) is 217 Å². The van der Waals surface area contributed by atoms with Gasteiger partial charge >= 0.3 is 0 Å². The Morgan fingerprint density at radius 2 is 0.893 bits per heavy atom. The Balaban J connectivity index is 1.16. The fourth-order valence-corrected chi connectivity index (χ4v) is 8.49. The monoisotopic (exact) mass is 717 g/mol. The highest BCUT2D eigenvalue weighted by Crippen LogP contribution is 2.48. The lowest BCUT2D eigenvalue weighted by Crippen LogP contribution is -2.13. The van der Waals surface area contributed by atoms with E-state index in [9.17, 15) is 0 Å². The van der Waals surface area contributed by atoms with E-state index in [-0.39, 0.29) is 0 Å². The van der Waals surface area contributed by atoms with Crippen LogP contribution in [0.4, 0.5) is 34.1 Å². The molecule has 0 saturated heterocycles. The molecule has 0 aliphatic rings. The number of benzene rings is 9. The molecule has 0 aliphatic carbocycles. The van der Waals surface area contributed by atoms with Crippen LogP contribution < -0.4 is 9.80 Å². The van der Waals surface area contributed by atoms with Gasteiger partial charge in [0.15, 0.2) is 0 Å². The molecule has 264 valence electrons. The van der Waals surface area contributed by atoms with Crippen LogP contribution >= 0.6 is 0 Å². The molecule has 56 heavy (non-hydrogen) atoms. The Bertz CT molecular complexity index is 3200. The normalized spacial score (nSPS) is 11.6. The van der Waals surface area contributed by atoms with E-state index in [0.717, 1.165) is 78.0 Å². The molecule has 11 aromatic rings. The van der Waals surface area contributed by atoms with Gasteiger partial charge in [-0.25, -0.2) is 0 Å². The summed E-state index contributed by atoms with van der Waals surface area (Å²) in [5.41, 5.74) is 11.6. The van der Waals surface area contributed by atoms with Gasteiger partial charge in [0.25, 0.3) is 0 Å². The minimum Gasteiger partial charge on any atom is -0.456 e. The second-order valence-corrected chi connectivity index (χ2v) is 14.2. The molecule has 0 aliphatic heterocycles. The van der Waals surface area contributed by atoms with Crippen LogP contribution in [0.3, 0.4) is 0 Å². The SMILES string of the molecule is c1ccc(N(c2cccc(N(c3ccccc3)c3c4ccccc4cc4oc5ccccc5c34)c2)c2ccc3c4ccccc4n(-c4ccccc4)c3c2)cc1. The van der Waals surface area contributed by atoms with E-state index in [1.54, 1.807) is 0 Å². The molecular formula is C52H35N3O. The molecule has 0 bridgehead atoms. The van der Waals surface area contributed by atoms with Crippen molar-refractivity contribution in [2.24, 2.45) is 0 Å². The number of rotatable bonds is 7. The van der Waals surface area contributed by atoms with Crippen LogP contribution in [0.25, 0.3) is 60.2 Å². The molecule has 0 unspecified atom stereocenters. The number of nitrogens with zero attached hydrogens (tertiary/aromatic N) is 3. The first-order valence-corrected chi connectivity index (χ1v) is 19.0. The third kappa shape index (κ3) is 5.15. The topological polar surface area (TPSA) is 24.6 Å². The van der Waals surface area contributed by atoms with Gasteiger partial charge in [0.1, 0.15) is 11.2 Å². The Morgan fingerprint density at radius 3 is 1.66 bits per heavy atom. The first kappa shape index (κ1) is 31.9. The maximum absolute atomic E-state index is 6.56. The predicted octanol–water partition coefficient (Wildman–Crippen LogP) is 14.8. The van der Waals surface area contributed by atoms with Crippen LogP contribution in [0.1, 0.15) is 0 Å². The lowest BCUT2D eigenvalue weighted by Gasteiger charge is -2.30. The molecule has 2 aromatic heterocycles. The maximum Gasteiger partial charge on any atom is 0.138 e. The van der Waals surface area contributed by atoms with Crippen molar-refractivity contribution in [3.05, 3.63) is 212 Å². The molecular weight excluding hydrogens is 683 g/mol. The van der Waals surface area contributed by atoms with Crippen molar-refractivity contribution >= 4 is 88.6 Å². The van der Waals surface area contributed by atoms with Gasteiger partial charge in [-0.15, -0.1) is 0 Å². The van der Waals surface area contributed by atoms with E-state index < -0.39 is 0 Å². The molecule has 9 aromatic carbocycles. The minimum atomic E-state index is 0.866. The molecule has 0 fully saturated rings. The Morgan fingerprint density at radius 1 is 0.339 bits per heavy atom. The second kappa shape index (κ2) is 13.1. The largest absolute Gasteiger partial charge is 0.456 e. The number of para-hydroxylation sites is 5. The number of aromatic nitrogens is 1. The van der Waals surface area contributed by atoms with Crippen LogP contribution in [0.2, 0.25) is 0 Å². The van der Waals surface area contributed by atoms with E-state index in [2.05, 4.69) is 221 Å². The van der Waals surface area contributed by atoms with Crippen LogP contribution in [-0.2, 0) is 0 Å². The first-order valence-electron chi connectivity index (χ1n) is 19.0. The summed E-state index contributed by atoms with van der Waals surface area (Å²) in [6.45, 7) is 0. The summed E-state index contributed by atoms with van der Waals surface area (Å²) in [6, 6.07) is 75.6. The van der Waals surface area contributed by atoms with Gasteiger partial charge in [-0.05, 0) is 90.3 Å². The van der Waals surface area contributed by atoms with E-state index in [1.165, 1.54) is 16.3 Å². The zero-order valence-electron chi connectivity index (χ0n) is 30.5. The van der Waals surface area contributed by atoms with E-state index in [1.807, 2.05) is 6.07 Å². The third-order valence-electron chi connectivity index (χ3n) is 10.9. The average molecular weight is 718 g/mol. The van der Waals surface area contributed by atoms with Crippen molar-refractivity contribution in [3.8, 4) is 5.69 Å². The maximum atomic E-state index is 6.56. The molecule has 0 N–H and O–H groups in total. The fourth-order valence-electron chi connectivity index (χ4n) is 8.49. The number of anilines is 6. The van der Waals surface area contributed by atoms with Crippen molar-refractivity contribution in [2.75, 3.05) is 9.80 Å². The van der Waals surface area contributed by atoms with Gasteiger partial charge in [-0.3, -0.25) is 0 Å². The van der Waals surface area contributed by atoms with E-state index in [0.29, 0.717) is 0 Å². The number of hydrogen-bond donors (Lipinski definition) is 0. The molecule has 0 saturated carbocycles. The number of furan rings is 1. The van der Waals surface area contributed by atoms with Gasteiger partial charge in [-0.1, -0.05) is 127 Å². The van der Waals surface area contributed by atoms with E-state index >= 15 is 0 Å². The molecule has 4 nitrogen and oxygen atoms in total. The van der Waals surface area contributed by atoms with Gasteiger partial charge in [0.2, 0.25) is 0 Å². The van der Waals surface area contributed by atoms with Crippen molar-refractivity contribution in [1.82, 2.24) is 4.57 Å². The molecule has 0 amide bonds. The summed E-state index contributed by atoms with van der Waals surface area (Å²) in [5.74, 6) is 0. The summed E-state index contributed by atoms with van der Waals surface area (Å²) >= 11 is 0. The highest BCUT2D eigenvalue weighted by atomic mass is 16.3. The Labute approximate surface area is 324 Å². The molecule has 2 heterocycles. The van der Waals surface area contributed by atoms with Crippen LogP contribution in [0, 0.1) is 0 Å². The Kier molecular flexibility index (Phi) is 7.46. The zero-order valence-corrected chi connectivity index (χ0v) is 30.5. The zero-order chi connectivity index (χ0) is 37.0. The highest BCUT2D eigenvalue weighted by Gasteiger charge is 2.24. The van der Waals surface area contributed by atoms with Crippen LogP contribution in [0.5, 0.6) is 0 Å². The molecule has 4 heteroatoms. The quantitative estimate of drug-likeness (QED) is 0.164. The standard InChI is InChI=1S/C52H35N3O/c1-4-18-37(19-5-1)53(42-31-32-45-44-27-12-14-29-47(44)55(48(45)35-42)39-22-8-3-9-23-39)40-24-16-25-41(34-40)54(38-20-6-2-7-21-38)52-43-26-11-10-17-36(43)33-50-51(52)46-28-13-15-30-49(46)56-50/h1-35H. The second-order valence-electron chi connectivity index (χ2n) is 14.2. The van der Waals surface area contributed by atoms with Crippen molar-refractivity contribution in [2.45, 2.75) is 0 Å². The third-order valence-corrected chi connectivity index (χ3v) is 10.9. The van der Waals surface area contributed by atoms with Crippen LogP contribution in [-0.4, -0.2) is 4.57 Å². The lowest BCUT2D eigenvalue weighted by atomic mass is 10.0. The number of hydrogen-bond acceptors (Lipinski definition) is 3. The summed E-state index contributed by atoms with van der Waals surface area (Å²) in [4.78, 5) is 4.76. The number of fused-ring (bicyclic) bond motifs is 7. The highest BCUT2D eigenvalue weighted by molar-refractivity contribution is 6.22. The molecule has 0 atom stereocenters. The summed E-state index contributed by atoms with van der Waals surface area (Å²) in [5, 5.41) is 6.91. The van der Waals surface area contributed by atoms with Gasteiger partial charge in [0.05, 0.1) is 22.1 Å². The smallest absolute Gasteiger partial charge is 0.138 e. The van der Waals surface area contributed by atoms with Gasteiger partial charge in [-0.2, -0.15) is 0 Å². The summed E-state index contributed by atoms with van der Waals surface area (Å²) in [6.07, 6.45) is 0.